The lowest BCUT2D eigenvalue weighted by Crippen LogP contribution is -2.51. The zero-order valence-electron chi connectivity index (χ0n) is 11.8. The van der Waals surface area contributed by atoms with Crippen molar-refractivity contribution in [3.8, 4) is 0 Å². The fraction of sp³-hybridized carbons (Fsp3) is 0.786. The maximum Gasteiger partial charge on any atom is 0.0489 e. The van der Waals surface area contributed by atoms with Crippen LogP contribution in [0.2, 0.25) is 0 Å². The third-order valence-corrected chi connectivity index (χ3v) is 4.14. The van der Waals surface area contributed by atoms with Gasteiger partial charge in [0.05, 0.1) is 0 Å². The summed E-state index contributed by atoms with van der Waals surface area (Å²) >= 11 is 0. The third-order valence-electron chi connectivity index (χ3n) is 4.14. The van der Waals surface area contributed by atoms with Crippen molar-refractivity contribution in [1.29, 1.82) is 0 Å². The van der Waals surface area contributed by atoms with Crippen LogP contribution in [0.1, 0.15) is 26.7 Å². The Kier molecular flexibility index (Phi) is 4.78. The van der Waals surface area contributed by atoms with Crippen LogP contribution in [-0.4, -0.2) is 46.9 Å². The van der Waals surface area contributed by atoms with E-state index < -0.39 is 0 Å². The molecule has 1 aliphatic heterocycles. The fourth-order valence-corrected chi connectivity index (χ4v) is 2.79. The molecule has 1 aromatic heterocycles. The summed E-state index contributed by atoms with van der Waals surface area (Å²) in [6.07, 6.45) is 6.28. The van der Waals surface area contributed by atoms with Crippen LogP contribution in [0.4, 0.5) is 0 Å². The van der Waals surface area contributed by atoms with E-state index in [0.717, 1.165) is 25.4 Å². The first-order valence-electron chi connectivity index (χ1n) is 7.08. The van der Waals surface area contributed by atoms with E-state index in [4.69, 9.17) is 0 Å². The number of nitrogens with zero attached hydrogens (tertiary/aromatic N) is 3. The third kappa shape index (κ3) is 3.56. The summed E-state index contributed by atoms with van der Waals surface area (Å²) in [7, 11) is 2.23. The zero-order valence-corrected chi connectivity index (χ0v) is 11.8. The molecular weight excluding hydrogens is 224 g/mol. The van der Waals surface area contributed by atoms with E-state index in [1.165, 1.54) is 13.0 Å². The second kappa shape index (κ2) is 6.34. The maximum absolute atomic E-state index is 4.22. The molecule has 1 fully saturated rings. The first-order valence-corrected chi connectivity index (χ1v) is 7.08. The van der Waals surface area contributed by atoms with E-state index in [1.807, 2.05) is 23.1 Å². The molecule has 0 aliphatic carbocycles. The first kappa shape index (κ1) is 13.6. The van der Waals surface area contributed by atoms with E-state index in [-0.39, 0.29) is 0 Å². The van der Waals surface area contributed by atoms with Crippen LogP contribution >= 0.6 is 0 Å². The molecule has 0 amide bonds. The van der Waals surface area contributed by atoms with Crippen LogP contribution in [0.3, 0.4) is 0 Å². The zero-order chi connectivity index (χ0) is 13.0. The molecule has 4 nitrogen and oxygen atoms in total. The molecule has 1 N–H and O–H groups in total. The Morgan fingerprint density at radius 2 is 2.22 bits per heavy atom. The quantitative estimate of drug-likeness (QED) is 0.806. The molecular formula is C14H26N4. The van der Waals surface area contributed by atoms with Gasteiger partial charge < -0.3 is 10.2 Å². The Labute approximate surface area is 110 Å². The summed E-state index contributed by atoms with van der Waals surface area (Å²) in [5, 5.41) is 7.94. The van der Waals surface area contributed by atoms with Gasteiger partial charge in [0.1, 0.15) is 0 Å². The minimum Gasteiger partial charge on any atom is -0.314 e. The van der Waals surface area contributed by atoms with E-state index in [2.05, 4.69) is 36.2 Å². The number of nitrogens with one attached hydrogen (secondary N) is 1. The van der Waals surface area contributed by atoms with E-state index in [9.17, 15) is 0 Å². The average Bonchev–Trinajstić information content (AvgIpc) is 2.84. The van der Waals surface area contributed by atoms with Crippen molar-refractivity contribution in [2.45, 2.75) is 45.3 Å². The SMILES string of the molecule is CC1CN(C)C(C)CC1NCCCn1cccn1. The Balaban J connectivity index is 1.67. The Hall–Kier alpha value is -0.870. The van der Waals surface area contributed by atoms with Crippen LogP contribution < -0.4 is 5.32 Å². The predicted octanol–water partition coefficient (Wildman–Crippen LogP) is 1.59. The number of hydrogen-bond acceptors (Lipinski definition) is 3. The molecule has 18 heavy (non-hydrogen) atoms. The van der Waals surface area contributed by atoms with Crippen LogP contribution in [0.15, 0.2) is 18.5 Å². The standard InChI is InChI=1S/C14H26N4/c1-12-11-17(3)13(2)10-14(12)15-6-4-8-18-9-5-7-16-18/h5,7,9,12-15H,4,6,8,10-11H2,1-3H3. The van der Waals surface area contributed by atoms with Crippen molar-refractivity contribution in [3.05, 3.63) is 18.5 Å². The minimum atomic E-state index is 0.675. The van der Waals surface area contributed by atoms with Gasteiger partial charge in [-0.15, -0.1) is 0 Å². The van der Waals surface area contributed by atoms with Crippen molar-refractivity contribution in [2.24, 2.45) is 5.92 Å². The van der Waals surface area contributed by atoms with Crippen molar-refractivity contribution < 1.29 is 0 Å². The number of piperidine rings is 1. The van der Waals surface area contributed by atoms with Crippen LogP contribution in [0.5, 0.6) is 0 Å². The van der Waals surface area contributed by atoms with E-state index in [0.29, 0.717) is 12.1 Å². The summed E-state index contributed by atoms with van der Waals surface area (Å²) in [6, 6.07) is 3.35. The Morgan fingerprint density at radius 1 is 1.39 bits per heavy atom. The highest BCUT2D eigenvalue weighted by molar-refractivity contribution is 4.86. The fourth-order valence-electron chi connectivity index (χ4n) is 2.79. The second-order valence-corrected chi connectivity index (χ2v) is 5.68. The van der Waals surface area contributed by atoms with Crippen molar-refractivity contribution >= 4 is 0 Å². The average molecular weight is 250 g/mol. The van der Waals surface area contributed by atoms with Crippen LogP contribution in [0.25, 0.3) is 0 Å². The Bertz CT molecular complexity index is 336. The molecule has 4 heteroatoms. The number of aromatic nitrogens is 2. The van der Waals surface area contributed by atoms with Crippen molar-refractivity contribution in [3.63, 3.8) is 0 Å². The van der Waals surface area contributed by atoms with Gasteiger partial charge in [0, 0.05) is 37.6 Å². The summed E-state index contributed by atoms with van der Waals surface area (Å²) in [6.45, 7) is 7.98. The molecule has 0 spiro atoms. The molecule has 0 saturated carbocycles. The maximum atomic E-state index is 4.22. The van der Waals surface area contributed by atoms with Gasteiger partial charge in [-0.05, 0) is 45.3 Å². The Morgan fingerprint density at radius 3 is 2.94 bits per heavy atom. The molecule has 1 saturated heterocycles. The number of likely N-dealkylation sites (tertiary alicyclic amines) is 1. The lowest BCUT2D eigenvalue weighted by atomic mass is 9.90. The lowest BCUT2D eigenvalue weighted by Gasteiger charge is -2.40. The highest BCUT2D eigenvalue weighted by atomic mass is 15.3. The second-order valence-electron chi connectivity index (χ2n) is 5.68. The topological polar surface area (TPSA) is 33.1 Å². The molecule has 0 aromatic carbocycles. The molecule has 2 heterocycles. The van der Waals surface area contributed by atoms with Gasteiger partial charge in [0.25, 0.3) is 0 Å². The monoisotopic (exact) mass is 250 g/mol. The smallest absolute Gasteiger partial charge is 0.0489 e. The van der Waals surface area contributed by atoms with Crippen molar-refractivity contribution in [1.82, 2.24) is 20.0 Å². The van der Waals surface area contributed by atoms with Gasteiger partial charge in [0.2, 0.25) is 0 Å². The van der Waals surface area contributed by atoms with Gasteiger partial charge >= 0.3 is 0 Å². The van der Waals surface area contributed by atoms with Gasteiger partial charge in [-0.2, -0.15) is 5.10 Å². The molecule has 3 unspecified atom stereocenters. The number of aryl methyl sites for hydroxylation is 1. The molecule has 0 bridgehead atoms. The first-order chi connectivity index (χ1) is 8.66. The highest BCUT2D eigenvalue weighted by Crippen LogP contribution is 2.20. The molecule has 1 aliphatic rings. The van der Waals surface area contributed by atoms with Gasteiger partial charge in [-0.3, -0.25) is 4.68 Å². The lowest BCUT2D eigenvalue weighted by molar-refractivity contribution is 0.121. The van der Waals surface area contributed by atoms with Gasteiger partial charge in [-0.1, -0.05) is 6.92 Å². The summed E-state index contributed by atoms with van der Waals surface area (Å²) in [5.74, 6) is 0.746. The molecule has 1 aromatic rings. The normalized spacial score (nSPS) is 29.6. The number of rotatable bonds is 5. The molecule has 3 atom stereocenters. The predicted molar refractivity (Wildman–Crippen MR) is 74.5 cm³/mol. The molecule has 102 valence electrons. The van der Waals surface area contributed by atoms with E-state index in [1.54, 1.807) is 0 Å². The summed E-state index contributed by atoms with van der Waals surface area (Å²) in [4.78, 5) is 2.46. The van der Waals surface area contributed by atoms with Gasteiger partial charge in [-0.25, -0.2) is 0 Å². The minimum absolute atomic E-state index is 0.675. The van der Waals surface area contributed by atoms with E-state index >= 15 is 0 Å². The van der Waals surface area contributed by atoms with Crippen LogP contribution in [0, 0.1) is 5.92 Å². The highest BCUT2D eigenvalue weighted by Gasteiger charge is 2.28. The summed E-state index contributed by atoms with van der Waals surface area (Å²) < 4.78 is 2.00. The van der Waals surface area contributed by atoms with Gasteiger partial charge in [0.15, 0.2) is 0 Å². The molecule has 2 rings (SSSR count). The summed E-state index contributed by atoms with van der Waals surface area (Å²) in [5.41, 5.74) is 0. The van der Waals surface area contributed by atoms with Crippen LogP contribution in [-0.2, 0) is 6.54 Å². The number of hydrogen-bond donors (Lipinski definition) is 1. The largest absolute Gasteiger partial charge is 0.314 e. The van der Waals surface area contributed by atoms with Crippen molar-refractivity contribution in [2.75, 3.05) is 20.1 Å². The molecule has 0 radical (unpaired) electrons.